The van der Waals surface area contributed by atoms with E-state index in [0.717, 1.165) is 0 Å². The summed E-state index contributed by atoms with van der Waals surface area (Å²) in [6.07, 6.45) is -4.00. The molecule has 140 valence electrons. The van der Waals surface area contributed by atoms with Gasteiger partial charge in [0.15, 0.2) is 0 Å². The number of thiophene rings is 1. The van der Waals surface area contributed by atoms with Crippen LogP contribution < -0.4 is 15.4 Å². The van der Waals surface area contributed by atoms with E-state index in [1.54, 1.807) is 12.1 Å². The van der Waals surface area contributed by atoms with Gasteiger partial charge in [0.05, 0.1) is 4.88 Å². The van der Waals surface area contributed by atoms with Crippen LogP contribution in [0, 0.1) is 0 Å². The number of hydrogen-bond acceptors (Lipinski definition) is 4. The Morgan fingerprint density at radius 2 is 1.81 bits per heavy atom. The summed E-state index contributed by atoms with van der Waals surface area (Å²) in [5.74, 6) is -0.679. The quantitative estimate of drug-likeness (QED) is 0.683. The summed E-state index contributed by atoms with van der Waals surface area (Å²) in [6.45, 7) is 0.584. The summed E-state index contributed by atoms with van der Waals surface area (Å²) >= 11 is 1.34. The predicted octanol–water partition coefficient (Wildman–Crippen LogP) is 3.47. The van der Waals surface area contributed by atoms with Crippen molar-refractivity contribution in [2.75, 3.05) is 6.54 Å². The first-order valence-electron chi connectivity index (χ1n) is 7.76. The first-order chi connectivity index (χ1) is 12.3. The molecule has 5 nitrogen and oxygen atoms in total. The van der Waals surface area contributed by atoms with Crippen molar-refractivity contribution < 1.29 is 27.5 Å². The molecule has 1 heterocycles. The molecular weight excluding hydrogens is 369 g/mol. The van der Waals surface area contributed by atoms with E-state index in [1.165, 1.54) is 35.6 Å². The second-order valence-electron chi connectivity index (χ2n) is 5.31. The summed E-state index contributed by atoms with van der Waals surface area (Å²) in [6, 6.07) is 8.78. The number of ether oxygens (including phenoxy) is 1. The fourth-order valence-corrected chi connectivity index (χ4v) is 2.68. The highest BCUT2D eigenvalue weighted by molar-refractivity contribution is 7.12. The Morgan fingerprint density at radius 1 is 1.08 bits per heavy atom. The molecule has 1 aromatic carbocycles. The molecule has 2 amide bonds. The van der Waals surface area contributed by atoms with Crippen molar-refractivity contribution in [2.24, 2.45) is 0 Å². The molecule has 0 aliphatic carbocycles. The highest BCUT2D eigenvalue weighted by Crippen LogP contribution is 2.22. The minimum absolute atomic E-state index is 0.165. The summed E-state index contributed by atoms with van der Waals surface area (Å²) in [5, 5.41) is 7.20. The van der Waals surface area contributed by atoms with E-state index in [0.29, 0.717) is 23.4 Å². The Kier molecular flexibility index (Phi) is 7.02. The molecular formula is C17H17F3N2O3S. The molecule has 0 radical (unpaired) electrons. The number of hydrogen-bond donors (Lipinski definition) is 2. The molecule has 0 aliphatic heterocycles. The topological polar surface area (TPSA) is 67.4 Å². The van der Waals surface area contributed by atoms with Gasteiger partial charge in [-0.15, -0.1) is 24.5 Å². The second kappa shape index (κ2) is 9.23. The Hall–Kier alpha value is -2.55. The summed E-state index contributed by atoms with van der Waals surface area (Å²) < 4.78 is 40.0. The standard InChI is InChI=1S/C17H17F3N2O3S/c18-17(19,20)25-13-7-5-12(6-8-13)11-22-15(23)4-1-9-21-16(24)14-3-2-10-26-14/h2-3,5-8,10H,1,4,9,11H2,(H,21,24)(H,22,23). The number of rotatable bonds is 8. The molecule has 2 aromatic rings. The van der Waals surface area contributed by atoms with Crippen LogP contribution in [0.2, 0.25) is 0 Å². The molecule has 0 unspecified atom stereocenters. The van der Waals surface area contributed by atoms with E-state index in [1.807, 2.05) is 5.38 Å². The van der Waals surface area contributed by atoms with Crippen LogP contribution >= 0.6 is 11.3 Å². The lowest BCUT2D eigenvalue weighted by Gasteiger charge is -2.10. The van der Waals surface area contributed by atoms with Gasteiger partial charge >= 0.3 is 6.36 Å². The molecule has 0 atom stereocenters. The zero-order chi connectivity index (χ0) is 19.0. The Balaban J connectivity index is 1.63. The first-order valence-corrected chi connectivity index (χ1v) is 8.64. The van der Waals surface area contributed by atoms with Gasteiger partial charge in [0.25, 0.3) is 5.91 Å². The fourth-order valence-electron chi connectivity index (χ4n) is 2.04. The molecule has 0 saturated heterocycles. The van der Waals surface area contributed by atoms with Crippen molar-refractivity contribution >= 4 is 23.2 Å². The van der Waals surface area contributed by atoms with Gasteiger partial charge < -0.3 is 15.4 Å². The van der Waals surface area contributed by atoms with Crippen LogP contribution in [-0.4, -0.2) is 24.7 Å². The Morgan fingerprint density at radius 3 is 2.42 bits per heavy atom. The average Bonchev–Trinajstić information content (AvgIpc) is 3.11. The van der Waals surface area contributed by atoms with Gasteiger partial charge in [-0.1, -0.05) is 18.2 Å². The van der Waals surface area contributed by atoms with Gasteiger partial charge in [0.1, 0.15) is 5.75 Å². The van der Waals surface area contributed by atoms with Crippen molar-refractivity contribution in [3.05, 3.63) is 52.2 Å². The molecule has 26 heavy (non-hydrogen) atoms. The third kappa shape index (κ3) is 7.14. The van der Waals surface area contributed by atoms with Crippen molar-refractivity contribution in [1.29, 1.82) is 0 Å². The van der Waals surface area contributed by atoms with Gasteiger partial charge in [0.2, 0.25) is 5.91 Å². The number of halogens is 3. The van der Waals surface area contributed by atoms with E-state index in [2.05, 4.69) is 15.4 Å². The van der Waals surface area contributed by atoms with Gasteiger partial charge in [-0.3, -0.25) is 9.59 Å². The number of carbonyl (C=O) groups excluding carboxylic acids is 2. The monoisotopic (exact) mass is 386 g/mol. The Bertz CT molecular complexity index is 716. The average molecular weight is 386 g/mol. The lowest BCUT2D eigenvalue weighted by Crippen LogP contribution is -2.26. The maximum atomic E-state index is 12.1. The molecule has 0 saturated carbocycles. The number of carbonyl (C=O) groups is 2. The number of nitrogens with one attached hydrogen (secondary N) is 2. The minimum atomic E-state index is -4.73. The molecule has 2 rings (SSSR count). The molecule has 2 N–H and O–H groups in total. The highest BCUT2D eigenvalue weighted by Gasteiger charge is 2.30. The van der Waals surface area contributed by atoms with Crippen LogP contribution in [0.5, 0.6) is 5.75 Å². The Labute approximate surface area is 152 Å². The molecule has 1 aromatic heterocycles. The van der Waals surface area contributed by atoms with Crippen LogP contribution in [0.4, 0.5) is 13.2 Å². The maximum Gasteiger partial charge on any atom is 0.573 e. The lowest BCUT2D eigenvalue weighted by molar-refractivity contribution is -0.274. The molecule has 9 heteroatoms. The third-order valence-electron chi connectivity index (χ3n) is 3.26. The van der Waals surface area contributed by atoms with Gasteiger partial charge in [0, 0.05) is 19.5 Å². The highest BCUT2D eigenvalue weighted by atomic mass is 32.1. The van der Waals surface area contributed by atoms with Crippen LogP contribution in [0.15, 0.2) is 41.8 Å². The van der Waals surface area contributed by atoms with Crippen LogP contribution in [-0.2, 0) is 11.3 Å². The third-order valence-corrected chi connectivity index (χ3v) is 4.13. The van der Waals surface area contributed by atoms with Gasteiger partial charge in [-0.05, 0) is 35.6 Å². The summed E-state index contributed by atoms with van der Waals surface area (Å²) in [4.78, 5) is 24.1. The number of alkyl halides is 3. The van der Waals surface area contributed by atoms with Gasteiger partial charge in [-0.25, -0.2) is 0 Å². The molecule has 0 aliphatic rings. The first kappa shape index (κ1) is 19.8. The van der Waals surface area contributed by atoms with Crippen molar-refractivity contribution in [2.45, 2.75) is 25.7 Å². The number of amides is 2. The smallest absolute Gasteiger partial charge is 0.406 e. The second-order valence-corrected chi connectivity index (χ2v) is 6.25. The van der Waals surface area contributed by atoms with Crippen LogP contribution in [0.25, 0.3) is 0 Å². The van der Waals surface area contributed by atoms with E-state index < -0.39 is 6.36 Å². The molecule has 0 spiro atoms. The lowest BCUT2D eigenvalue weighted by atomic mass is 10.2. The zero-order valence-corrected chi connectivity index (χ0v) is 14.5. The predicted molar refractivity (Wildman–Crippen MR) is 90.9 cm³/mol. The van der Waals surface area contributed by atoms with E-state index >= 15 is 0 Å². The van der Waals surface area contributed by atoms with Crippen molar-refractivity contribution in [1.82, 2.24) is 10.6 Å². The summed E-state index contributed by atoms with van der Waals surface area (Å²) in [5.41, 5.74) is 0.652. The number of benzene rings is 1. The van der Waals surface area contributed by atoms with E-state index in [-0.39, 0.29) is 30.5 Å². The SMILES string of the molecule is O=C(CCCNC(=O)c1cccs1)NCc1ccc(OC(F)(F)F)cc1. The van der Waals surface area contributed by atoms with Gasteiger partial charge in [-0.2, -0.15) is 0 Å². The minimum Gasteiger partial charge on any atom is -0.406 e. The van der Waals surface area contributed by atoms with E-state index in [4.69, 9.17) is 0 Å². The fraction of sp³-hybridized carbons (Fsp3) is 0.294. The largest absolute Gasteiger partial charge is 0.573 e. The molecule has 0 fully saturated rings. The molecule has 0 bridgehead atoms. The van der Waals surface area contributed by atoms with Crippen molar-refractivity contribution in [3.8, 4) is 5.75 Å². The summed E-state index contributed by atoms with van der Waals surface area (Å²) in [7, 11) is 0. The van der Waals surface area contributed by atoms with Crippen molar-refractivity contribution in [3.63, 3.8) is 0 Å². The normalized spacial score (nSPS) is 11.0. The van der Waals surface area contributed by atoms with E-state index in [9.17, 15) is 22.8 Å². The van der Waals surface area contributed by atoms with Crippen LogP contribution in [0.3, 0.4) is 0 Å². The van der Waals surface area contributed by atoms with Crippen LogP contribution in [0.1, 0.15) is 28.1 Å². The zero-order valence-electron chi connectivity index (χ0n) is 13.6. The maximum absolute atomic E-state index is 12.1.